The Morgan fingerprint density at radius 3 is 2.05 bits per heavy atom. The Hall–Kier alpha value is -1.23. The van der Waals surface area contributed by atoms with Crippen molar-refractivity contribution >= 4 is 34.8 Å². The van der Waals surface area contributed by atoms with E-state index in [9.17, 15) is 0 Å². The molecule has 0 radical (unpaired) electrons. The lowest BCUT2D eigenvalue weighted by molar-refractivity contribution is 0.355. The van der Waals surface area contributed by atoms with E-state index in [-0.39, 0.29) is 10.3 Å². The van der Waals surface area contributed by atoms with Gasteiger partial charge < -0.3 is 9.47 Å². The van der Waals surface area contributed by atoms with Crippen molar-refractivity contribution in [1.82, 2.24) is 9.97 Å². The molecule has 0 fully saturated rings. The molecule has 0 unspecified atom stereocenters. The summed E-state index contributed by atoms with van der Waals surface area (Å²) in [5.74, 6) is 1.28. The second-order valence-electron chi connectivity index (χ2n) is 3.53. The summed E-state index contributed by atoms with van der Waals surface area (Å²) in [7, 11) is 3.03. The highest BCUT2D eigenvalue weighted by Gasteiger charge is 2.14. The van der Waals surface area contributed by atoms with Crippen LogP contribution >= 0.6 is 34.8 Å². The molecule has 0 aliphatic heterocycles. The van der Waals surface area contributed by atoms with Gasteiger partial charge in [0, 0.05) is 11.6 Å². The molecule has 2 rings (SSSR count). The molecular formula is C12H9Cl3N2O2. The maximum Gasteiger partial charge on any atom is 0.179 e. The number of hydrogen-bond donors (Lipinski definition) is 0. The number of methoxy groups -OCH3 is 2. The first kappa shape index (κ1) is 14.2. The quantitative estimate of drug-likeness (QED) is 0.798. The molecule has 0 aliphatic carbocycles. The highest BCUT2D eigenvalue weighted by atomic mass is 35.5. The molecule has 100 valence electrons. The van der Waals surface area contributed by atoms with Crippen LogP contribution < -0.4 is 9.47 Å². The van der Waals surface area contributed by atoms with Crippen LogP contribution in [0.2, 0.25) is 15.3 Å². The molecule has 0 spiro atoms. The first-order valence-electron chi connectivity index (χ1n) is 5.17. The number of nitrogens with zero attached hydrogens (tertiary/aromatic N) is 2. The molecular weight excluding hydrogens is 311 g/mol. The minimum Gasteiger partial charge on any atom is -0.493 e. The average molecular weight is 320 g/mol. The van der Waals surface area contributed by atoms with Crippen molar-refractivity contribution in [2.75, 3.05) is 14.2 Å². The molecule has 0 atom stereocenters. The molecule has 4 nitrogen and oxygen atoms in total. The summed E-state index contributed by atoms with van der Waals surface area (Å²) in [6, 6.07) is 4.81. The highest BCUT2D eigenvalue weighted by molar-refractivity contribution is 6.33. The van der Waals surface area contributed by atoms with Crippen LogP contribution in [0.5, 0.6) is 11.5 Å². The van der Waals surface area contributed by atoms with Crippen LogP contribution in [0.1, 0.15) is 0 Å². The zero-order valence-electron chi connectivity index (χ0n) is 10.1. The lowest BCUT2D eigenvalue weighted by atomic mass is 10.2. The second-order valence-corrected chi connectivity index (χ2v) is 4.71. The molecule has 7 heteroatoms. The summed E-state index contributed by atoms with van der Waals surface area (Å²) in [5.41, 5.74) is 0.632. The number of rotatable bonds is 3. The number of aromatic nitrogens is 2. The Balaban J connectivity index is 2.59. The van der Waals surface area contributed by atoms with Gasteiger partial charge in [-0.3, -0.25) is 0 Å². The largest absolute Gasteiger partial charge is 0.493 e. The number of benzene rings is 1. The van der Waals surface area contributed by atoms with Crippen molar-refractivity contribution in [3.05, 3.63) is 33.5 Å². The van der Waals surface area contributed by atoms with Gasteiger partial charge in [0.15, 0.2) is 17.3 Å². The van der Waals surface area contributed by atoms with E-state index in [0.717, 1.165) is 0 Å². The van der Waals surface area contributed by atoms with Crippen LogP contribution in [0.4, 0.5) is 0 Å². The van der Waals surface area contributed by atoms with Gasteiger partial charge >= 0.3 is 0 Å². The van der Waals surface area contributed by atoms with Gasteiger partial charge in [-0.1, -0.05) is 34.8 Å². The molecule has 1 aromatic heterocycles. The fourth-order valence-electron chi connectivity index (χ4n) is 1.57. The number of hydrogen-bond acceptors (Lipinski definition) is 4. The summed E-state index contributed by atoms with van der Waals surface area (Å²) in [6.45, 7) is 0. The summed E-state index contributed by atoms with van der Waals surface area (Å²) in [5, 5.41) is 0.887. The van der Waals surface area contributed by atoms with E-state index in [1.54, 1.807) is 12.1 Å². The molecule has 0 saturated heterocycles. The third kappa shape index (κ3) is 3.03. The van der Waals surface area contributed by atoms with E-state index < -0.39 is 0 Å². The Kier molecular flexibility index (Phi) is 4.34. The van der Waals surface area contributed by atoms with Crippen LogP contribution in [0.25, 0.3) is 11.4 Å². The SMILES string of the molecule is COc1cc(-c2nc(Cl)cc(Cl)n2)cc(Cl)c1OC. The van der Waals surface area contributed by atoms with Gasteiger partial charge in [0.25, 0.3) is 0 Å². The van der Waals surface area contributed by atoms with Crippen LogP contribution in [0.15, 0.2) is 18.2 Å². The first-order valence-corrected chi connectivity index (χ1v) is 6.30. The number of halogens is 3. The van der Waals surface area contributed by atoms with Crippen molar-refractivity contribution < 1.29 is 9.47 Å². The summed E-state index contributed by atoms with van der Waals surface area (Å²) < 4.78 is 10.4. The van der Waals surface area contributed by atoms with Crippen molar-refractivity contribution in [2.45, 2.75) is 0 Å². The fourth-order valence-corrected chi connectivity index (χ4v) is 2.28. The third-order valence-electron chi connectivity index (χ3n) is 2.36. The molecule has 19 heavy (non-hydrogen) atoms. The van der Waals surface area contributed by atoms with Crippen LogP contribution in [-0.4, -0.2) is 24.2 Å². The molecule has 0 bridgehead atoms. The Bertz CT molecular complexity index is 600. The van der Waals surface area contributed by atoms with Crippen LogP contribution in [0.3, 0.4) is 0 Å². The van der Waals surface area contributed by atoms with Crippen molar-refractivity contribution in [3.63, 3.8) is 0 Å². The van der Waals surface area contributed by atoms with E-state index >= 15 is 0 Å². The second kappa shape index (κ2) is 5.82. The van der Waals surface area contributed by atoms with Crippen molar-refractivity contribution in [1.29, 1.82) is 0 Å². The van der Waals surface area contributed by atoms with Crippen LogP contribution in [-0.2, 0) is 0 Å². The van der Waals surface area contributed by atoms with Crippen molar-refractivity contribution in [3.8, 4) is 22.9 Å². The van der Waals surface area contributed by atoms with E-state index in [1.165, 1.54) is 20.3 Å². The molecule has 0 aliphatic rings. The topological polar surface area (TPSA) is 44.2 Å². The first-order chi connectivity index (χ1) is 9.05. The van der Waals surface area contributed by atoms with Gasteiger partial charge in [-0.2, -0.15) is 0 Å². The smallest absolute Gasteiger partial charge is 0.179 e. The molecule has 2 aromatic rings. The lowest BCUT2D eigenvalue weighted by Gasteiger charge is -2.11. The molecule has 0 saturated carbocycles. The normalized spacial score (nSPS) is 10.4. The molecule has 1 heterocycles. The summed E-state index contributed by atoms with van der Waals surface area (Å²) in [6.07, 6.45) is 0. The minimum absolute atomic E-state index is 0.251. The Morgan fingerprint density at radius 2 is 1.53 bits per heavy atom. The summed E-state index contributed by atoms with van der Waals surface area (Å²) in [4.78, 5) is 8.18. The van der Waals surface area contributed by atoms with Gasteiger partial charge in [-0.25, -0.2) is 9.97 Å². The average Bonchev–Trinajstić information content (AvgIpc) is 2.36. The fraction of sp³-hybridized carbons (Fsp3) is 0.167. The van der Waals surface area contributed by atoms with Gasteiger partial charge in [0.1, 0.15) is 10.3 Å². The lowest BCUT2D eigenvalue weighted by Crippen LogP contribution is -1.95. The monoisotopic (exact) mass is 318 g/mol. The molecule has 0 N–H and O–H groups in total. The maximum atomic E-state index is 6.12. The van der Waals surface area contributed by atoms with Gasteiger partial charge in [-0.05, 0) is 12.1 Å². The maximum absolute atomic E-state index is 6.12. The molecule has 0 amide bonds. The standard InChI is InChI=1S/C12H9Cl3N2O2/c1-18-8-4-6(3-7(13)11(8)19-2)12-16-9(14)5-10(15)17-12/h3-5H,1-2H3. The molecule has 1 aromatic carbocycles. The van der Waals surface area contributed by atoms with Gasteiger partial charge in [0.05, 0.1) is 19.2 Å². The van der Waals surface area contributed by atoms with Gasteiger partial charge in [0.2, 0.25) is 0 Å². The zero-order valence-corrected chi connectivity index (χ0v) is 12.3. The Labute approximate surface area is 125 Å². The predicted octanol–water partition coefficient (Wildman–Crippen LogP) is 4.12. The highest BCUT2D eigenvalue weighted by Crippen LogP contribution is 2.38. The van der Waals surface area contributed by atoms with E-state index in [2.05, 4.69) is 9.97 Å². The minimum atomic E-state index is 0.251. The summed E-state index contributed by atoms with van der Waals surface area (Å²) >= 11 is 17.8. The van der Waals surface area contributed by atoms with Crippen molar-refractivity contribution in [2.24, 2.45) is 0 Å². The Morgan fingerprint density at radius 1 is 0.895 bits per heavy atom. The van der Waals surface area contributed by atoms with Gasteiger partial charge in [-0.15, -0.1) is 0 Å². The predicted molar refractivity (Wildman–Crippen MR) is 75.6 cm³/mol. The van der Waals surface area contributed by atoms with E-state index in [0.29, 0.717) is 27.9 Å². The number of ether oxygens (including phenoxy) is 2. The van der Waals surface area contributed by atoms with E-state index in [1.807, 2.05) is 0 Å². The third-order valence-corrected chi connectivity index (χ3v) is 3.02. The van der Waals surface area contributed by atoms with Crippen LogP contribution in [0, 0.1) is 0 Å². The zero-order chi connectivity index (χ0) is 14.0. The van der Waals surface area contributed by atoms with E-state index in [4.69, 9.17) is 44.3 Å².